The molecule has 1 atom stereocenters. The lowest BCUT2D eigenvalue weighted by Crippen LogP contribution is -2.38. The summed E-state index contributed by atoms with van der Waals surface area (Å²) in [6.45, 7) is 9.09. The third-order valence-electron chi connectivity index (χ3n) is 3.51. The Hall–Kier alpha value is -1.42. The normalized spacial score (nSPS) is 13.0. The molecule has 1 unspecified atom stereocenters. The van der Waals surface area contributed by atoms with Crippen LogP contribution in [0, 0.1) is 24.1 Å². The molecule has 0 heterocycles. The number of hydrogen-bond acceptors (Lipinski definition) is 2. The lowest BCUT2D eigenvalue weighted by atomic mass is 9.84. The summed E-state index contributed by atoms with van der Waals surface area (Å²) in [6.07, 6.45) is 1.47. The number of benzene rings is 1. The van der Waals surface area contributed by atoms with Crippen LogP contribution in [-0.4, -0.2) is 19.0 Å². The highest BCUT2D eigenvalue weighted by atomic mass is 19.1. The molecule has 0 aliphatic carbocycles. The molecule has 21 heavy (non-hydrogen) atoms. The van der Waals surface area contributed by atoms with Gasteiger partial charge in [-0.25, -0.2) is 4.39 Å². The SMILES string of the molecule is Cc1cc(F)ccc1CCNC(=O)C(CN)CC(C)(C)C. The molecule has 0 spiro atoms. The predicted octanol–water partition coefficient (Wildman–Crippen LogP) is 2.80. The van der Waals surface area contributed by atoms with Crippen LogP contribution in [0.1, 0.15) is 38.3 Å². The number of aryl methyl sites for hydroxylation is 1. The number of carbonyl (C=O) groups is 1. The molecule has 0 saturated carbocycles. The largest absolute Gasteiger partial charge is 0.355 e. The smallest absolute Gasteiger partial charge is 0.224 e. The summed E-state index contributed by atoms with van der Waals surface area (Å²) in [5.41, 5.74) is 7.74. The zero-order chi connectivity index (χ0) is 16.0. The van der Waals surface area contributed by atoms with Crippen LogP contribution >= 0.6 is 0 Å². The second kappa shape index (κ2) is 7.55. The third-order valence-corrected chi connectivity index (χ3v) is 3.51. The molecule has 1 aromatic rings. The second-order valence-electron chi connectivity index (χ2n) is 6.81. The van der Waals surface area contributed by atoms with Gasteiger partial charge >= 0.3 is 0 Å². The van der Waals surface area contributed by atoms with E-state index < -0.39 is 0 Å². The van der Waals surface area contributed by atoms with Crippen molar-refractivity contribution < 1.29 is 9.18 Å². The van der Waals surface area contributed by atoms with Crippen molar-refractivity contribution in [2.24, 2.45) is 17.1 Å². The topological polar surface area (TPSA) is 55.1 Å². The number of nitrogens with two attached hydrogens (primary N) is 1. The average molecular weight is 294 g/mol. The minimum atomic E-state index is -0.228. The number of hydrogen-bond donors (Lipinski definition) is 2. The first-order valence-corrected chi connectivity index (χ1v) is 7.46. The van der Waals surface area contributed by atoms with Crippen LogP contribution in [-0.2, 0) is 11.2 Å². The standard InChI is InChI=1S/C17H27FN2O/c1-12-9-15(18)6-5-13(12)7-8-20-16(21)14(11-19)10-17(2,3)4/h5-6,9,14H,7-8,10-11,19H2,1-4H3,(H,20,21). The van der Waals surface area contributed by atoms with E-state index in [0.29, 0.717) is 19.5 Å². The van der Waals surface area contributed by atoms with Gasteiger partial charge in [0.15, 0.2) is 0 Å². The number of halogens is 1. The first kappa shape index (κ1) is 17.6. The summed E-state index contributed by atoms with van der Waals surface area (Å²) >= 11 is 0. The molecule has 3 N–H and O–H groups in total. The fourth-order valence-corrected chi connectivity index (χ4v) is 2.43. The Morgan fingerprint density at radius 1 is 1.38 bits per heavy atom. The van der Waals surface area contributed by atoms with Gasteiger partial charge in [-0.1, -0.05) is 26.8 Å². The fraction of sp³-hybridized carbons (Fsp3) is 0.588. The molecule has 118 valence electrons. The van der Waals surface area contributed by atoms with Crippen molar-refractivity contribution in [2.45, 2.75) is 40.5 Å². The van der Waals surface area contributed by atoms with Crippen LogP contribution in [0.5, 0.6) is 0 Å². The van der Waals surface area contributed by atoms with Crippen molar-refractivity contribution in [3.05, 3.63) is 35.1 Å². The summed E-state index contributed by atoms with van der Waals surface area (Å²) in [5.74, 6) is -0.375. The van der Waals surface area contributed by atoms with Gasteiger partial charge in [-0.05, 0) is 48.4 Å². The Bertz CT molecular complexity index is 480. The molecule has 1 aromatic carbocycles. The predicted molar refractivity (Wildman–Crippen MR) is 84.5 cm³/mol. The van der Waals surface area contributed by atoms with Gasteiger partial charge < -0.3 is 11.1 Å². The Kier molecular flexibility index (Phi) is 6.34. The Morgan fingerprint density at radius 2 is 2.05 bits per heavy atom. The molecule has 0 aliphatic rings. The van der Waals surface area contributed by atoms with E-state index in [1.165, 1.54) is 12.1 Å². The van der Waals surface area contributed by atoms with E-state index in [-0.39, 0.29) is 23.1 Å². The number of rotatable bonds is 6. The second-order valence-corrected chi connectivity index (χ2v) is 6.81. The van der Waals surface area contributed by atoms with Gasteiger partial charge in [0.2, 0.25) is 5.91 Å². The number of nitrogens with one attached hydrogen (secondary N) is 1. The highest BCUT2D eigenvalue weighted by Gasteiger charge is 2.23. The van der Waals surface area contributed by atoms with Gasteiger partial charge in [-0.2, -0.15) is 0 Å². The average Bonchev–Trinajstić information content (AvgIpc) is 2.37. The zero-order valence-corrected chi connectivity index (χ0v) is 13.5. The molecule has 0 fully saturated rings. The maximum absolute atomic E-state index is 13.0. The van der Waals surface area contributed by atoms with Crippen LogP contribution in [0.25, 0.3) is 0 Å². The zero-order valence-electron chi connectivity index (χ0n) is 13.5. The van der Waals surface area contributed by atoms with Crippen LogP contribution in [0.15, 0.2) is 18.2 Å². The lowest BCUT2D eigenvalue weighted by Gasteiger charge is -2.24. The Labute approximate surface area is 127 Å². The number of carbonyl (C=O) groups excluding carboxylic acids is 1. The van der Waals surface area contributed by atoms with Crippen molar-refractivity contribution in [1.29, 1.82) is 0 Å². The van der Waals surface area contributed by atoms with Crippen molar-refractivity contribution in [1.82, 2.24) is 5.32 Å². The molecular formula is C17H27FN2O. The fourth-order valence-electron chi connectivity index (χ4n) is 2.43. The van der Waals surface area contributed by atoms with E-state index >= 15 is 0 Å². The van der Waals surface area contributed by atoms with E-state index in [2.05, 4.69) is 26.1 Å². The van der Waals surface area contributed by atoms with Crippen molar-refractivity contribution in [2.75, 3.05) is 13.1 Å². The first-order chi connectivity index (χ1) is 9.73. The minimum Gasteiger partial charge on any atom is -0.355 e. The van der Waals surface area contributed by atoms with E-state index in [4.69, 9.17) is 5.73 Å². The molecule has 0 radical (unpaired) electrons. The minimum absolute atomic E-state index is 0.00666. The first-order valence-electron chi connectivity index (χ1n) is 7.46. The summed E-state index contributed by atoms with van der Waals surface area (Å²) in [4.78, 5) is 12.1. The molecule has 0 aromatic heterocycles. The van der Waals surface area contributed by atoms with Crippen molar-refractivity contribution in [3.8, 4) is 0 Å². The Morgan fingerprint density at radius 3 is 2.57 bits per heavy atom. The highest BCUT2D eigenvalue weighted by molar-refractivity contribution is 5.78. The van der Waals surface area contributed by atoms with Gasteiger partial charge in [0.25, 0.3) is 0 Å². The highest BCUT2D eigenvalue weighted by Crippen LogP contribution is 2.24. The van der Waals surface area contributed by atoms with E-state index in [0.717, 1.165) is 17.5 Å². The van der Waals surface area contributed by atoms with Crippen LogP contribution in [0.3, 0.4) is 0 Å². The maximum atomic E-state index is 13.0. The molecule has 1 amide bonds. The Balaban J connectivity index is 2.48. The van der Waals surface area contributed by atoms with E-state index in [9.17, 15) is 9.18 Å². The molecule has 0 bridgehead atoms. The lowest BCUT2D eigenvalue weighted by molar-refractivity contribution is -0.125. The van der Waals surface area contributed by atoms with E-state index in [1.807, 2.05) is 6.92 Å². The van der Waals surface area contributed by atoms with Gasteiger partial charge in [0, 0.05) is 13.1 Å². The van der Waals surface area contributed by atoms with Crippen LogP contribution < -0.4 is 11.1 Å². The van der Waals surface area contributed by atoms with Crippen LogP contribution in [0.4, 0.5) is 4.39 Å². The quantitative estimate of drug-likeness (QED) is 0.847. The molecule has 0 aliphatic heterocycles. The van der Waals surface area contributed by atoms with Gasteiger partial charge in [0.1, 0.15) is 5.82 Å². The summed E-state index contributed by atoms with van der Waals surface area (Å²) in [5, 5.41) is 2.93. The van der Waals surface area contributed by atoms with Gasteiger partial charge in [-0.3, -0.25) is 4.79 Å². The monoisotopic (exact) mass is 294 g/mol. The summed E-state index contributed by atoms with van der Waals surface area (Å²) in [6, 6.07) is 4.73. The molecular weight excluding hydrogens is 267 g/mol. The molecule has 0 saturated heterocycles. The van der Waals surface area contributed by atoms with Crippen LogP contribution in [0.2, 0.25) is 0 Å². The van der Waals surface area contributed by atoms with Gasteiger partial charge in [0.05, 0.1) is 5.92 Å². The molecule has 3 nitrogen and oxygen atoms in total. The molecule has 4 heteroatoms. The van der Waals surface area contributed by atoms with Gasteiger partial charge in [-0.15, -0.1) is 0 Å². The summed E-state index contributed by atoms with van der Waals surface area (Å²) < 4.78 is 13.0. The third kappa shape index (κ3) is 6.25. The maximum Gasteiger partial charge on any atom is 0.224 e. The molecule has 1 rings (SSSR count). The van der Waals surface area contributed by atoms with Crippen molar-refractivity contribution in [3.63, 3.8) is 0 Å². The van der Waals surface area contributed by atoms with Crippen molar-refractivity contribution >= 4 is 5.91 Å². The summed E-state index contributed by atoms with van der Waals surface area (Å²) in [7, 11) is 0. The number of amides is 1. The van der Waals surface area contributed by atoms with E-state index in [1.54, 1.807) is 6.07 Å².